The second-order valence-corrected chi connectivity index (χ2v) is 9.10. The molecule has 0 fully saturated rings. The highest BCUT2D eigenvalue weighted by Gasteiger charge is 2.22. The van der Waals surface area contributed by atoms with E-state index in [-0.39, 0.29) is 18.1 Å². The maximum atomic E-state index is 14.1. The predicted octanol–water partition coefficient (Wildman–Crippen LogP) is 5.83. The Kier molecular flexibility index (Phi) is 8.98. The van der Waals surface area contributed by atoms with Gasteiger partial charge in [-0.3, -0.25) is 4.79 Å². The topological polar surface area (TPSA) is 77.7 Å². The third kappa shape index (κ3) is 6.70. The third-order valence-corrected chi connectivity index (χ3v) is 6.43. The number of methoxy groups -OCH3 is 1. The second kappa shape index (κ2) is 12.8. The Labute approximate surface area is 222 Å². The number of para-hydroxylation sites is 2. The molecule has 198 valence electrons. The fraction of sp³-hybridized carbons (Fsp3) is 0.267. The summed E-state index contributed by atoms with van der Waals surface area (Å²) >= 11 is 0. The number of hydrogen-bond acceptors (Lipinski definition) is 3. The molecular weight excluding hydrogens is 483 g/mol. The summed E-state index contributed by atoms with van der Waals surface area (Å²) in [4.78, 5) is 33.1. The van der Waals surface area contributed by atoms with E-state index in [9.17, 15) is 14.0 Å². The lowest BCUT2D eigenvalue weighted by Gasteiger charge is -2.28. The van der Waals surface area contributed by atoms with E-state index in [0.717, 1.165) is 27.8 Å². The van der Waals surface area contributed by atoms with Crippen LogP contribution in [0, 0.1) is 5.82 Å². The van der Waals surface area contributed by atoms with Crippen LogP contribution in [-0.2, 0) is 17.8 Å². The van der Waals surface area contributed by atoms with Crippen molar-refractivity contribution in [2.75, 3.05) is 32.1 Å². The van der Waals surface area contributed by atoms with E-state index in [1.54, 1.807) is 24.1 Å². The number of fused-ring (bicyclic) bond motifs is 1. The van der Waals surface area contributed by atoms with E-state index in [1.807, 2.05) is 55.6 Å². The molecule has 8 heteroatoms. The van der Waals surface area contributed by atoms with Gasteiger partial charge in [-0.1, -0.05) is 49.4 Å². The zero-order valence-corrected chi connectivity index (χ0v) is 21.7. The number of halogens is 1. The van der Waals surface area contributed by atoms with Gasteiger partial charge in [0.1, 0.15) is 18.1 Å². The number of amides is 3. The molecule has 7 nitrogen and oxygen atoms in total. The molecule has 4 rings (SSSR count). The summed E-state index contributed by atoms with van der Waals surface area (Å²) in [6.07, 6.45) is 3.29. The molecule has 1 aromatic heterocycles. The molecule has 1 heterocycles. The number of hydrogen-bond donors (Lipinski definition) is 2. The first-order valence-electron chi connectivity index (χ1n) is 12.7. The first-order valence-corrected chi connectivity index (χ1v) is 12.7. The molecule has 0 spiro atoms. The van der Waals surface area contributed by atoms with Gasteiger partial charge in [0.25, 0.3) is 0 Å². The molecule has 0 saturated heterocycles. The molecule has 0 aliphatic rings. The minimum absolute atomic E-state index is 0.0838. The molecular formula is C30H33FN4O3. The normalized spacial score (nSPS) is 10.8. The van der Waals surface area contributed by atoms with Crippen molar-refractivity contribution in [1.82, 2.24) is 14.8 Å². The Morgan fingerprint density at radius 2 is 1.68 bits per heavy atom. The Morgan fingerprint density at radius 3 is 2.42 bits per heavy atom. The van der Waals surface area contributed by atoms with Gasteiger partial charge in [0.2, 0.25) is 5.91 Å². The fourth-order valence-electron chi connectivity index (χ4n) is 4.38. The van der Waals surface area contributed by atoms with E-state index in [0.29, 0.717) is 32.5 Å². The maximum absolute atomic E-state index is 14.1. The second-order valence-electron chi connectivity index (χ2n) is 9.10. The van der Waals surface area contributed by atoms with Crippen LogP contribution in [0.1, 0.15) is 24.5 Å². The molecule has 4 aromatic rings. The third-order valence-electron chi connectivity index (χ3n) is 6.43. The quantitative estimate of drug-likeness (QED) is 0.263. The van der Waals surface area contributed by atoms with E-state index < -0.39 is 11.8 Å². The SMILES string of the molecule is CCCN(CC(=O)N(CCc1c[nH]c2ccccc12)Cc1ccc(OC)cc1)C(=O)Nc1ccccc1F. The van der Waals surface area contributed by atoms with Crippen molar-refractivity contribution in [3.63, 3.8) is 0 Å². The highest BCUT2D eigenvalue weighted by atomic mass is 19.1. The van der Waals surface area contributed by atoms with Gasteiger partial charge in [-0.15, -0.1) is 0 Å². The number of ether oxygens (including phenoxy) is 1. The number of aromatic nitrogens is 1. The first kappa shape index (κ1) is 26.7. The van der Waals surface area contributed by atoms with Crippen LogP contribution in [0.15, 0.2) is 79.0 Å². The number of nitrogens with zero attached hydrogens (tertiary/aromatic N) is 2. The highest BCUT2D eigenvalue weighted by Crippen LogP contribution is 2.20. The van der Waals surface area contributed by atoms with Gasteiger partial charge in [0.05, 0.1) is 12.8 Å². The Balaban J connectivity index is 1.51. The average Bonchev–Trinajstić information content (AvgIpc) is 3.35. The van der Waals surface area contributed by atoms with Gasteiger partial charge in [0, 0.05) is 36.7 Å². The summed E-state index contributed by atoms with van der Waals surface area (Å²) in [5.74, 6) is 0.0330. The van der Waals surface area contributed by atoms with Crippen LogP contribution in [0.4, 0.5) is 14.9 Å². The Hall–Kier alpha value is -4.33. The number of carbonyl (C=O) groups excluding carboxylic acids is 2. The lowest BCUT2D eigenvalue weighted by molar-refractivity contribution is -0.132. The predicted molar refractivity (Wildman–Crippen MR) is 148 cm³/mol. The molecule has 0 atom stereocenters. The van der Waals surface area contributed by atoms with Gasteiger partial charge < -0.3 is 24.8 Å². The van der Waals surface area contributed by atoms with Crippen LogP contribution >= 0.6 is 0 Å². The van der Waals surface area contributed by atoms with Crippen LogP contribution < -0.4 is 10.1 Å². The van der Waals surface area contributed by atoms with Crippen LogP contribution in [0.3, 0.4) is 0 Å². The number of nitrogens with one attached hydrogen (secondary N) is 2. The number of benzene rings is 3. The number of anilines is 1. The van der Waals surface area contributed by atoms with Gasteiger partial charge >= 0.3 is 6.03 Å². The van der Waals surface area contributed by atoms with Crippen molar-refractivity contribution in [1.29, 1.82) is 0 Å². The lowest BCUT2D eigenvalue weighted by Crippen LogP contribution is -2.45. The van der Waals surface area contributed by atoms with E-state index >= 15 is 0 Å². The molecule has 0 bridgehead atoms. The number of urea groups is 1. The van der Waals surface area contributed by atoms with Crippen molar-refractivity contribution >= 4 is 28.5 Å². The Morgan fingerprint density at radius 1 is 0.947 bits per heavy atom. The van der Waals surface area contributed by atoms with Crippen LogP contribution in [-0.4, -0.2) is 53.5 Å². The minimum Gasteiger partial charge on any atom is -0.497 e. The largest absolute Gasteiger partial charge is 0.497 e. The maximum Gasteiger partial charge on any atom is 0.322 e. The van der Waals surface area contributed by atoms with Gasteiger partial charge in [-0.2, -0.15) is 0 Å². The van der Waals surface area contributed by atoms with Crippen molar-refractivity contribution in [3.05, 3.63) is 95.9 Å². The summed E-state index contributed by atoms with van der Waals surface area (Å²) in [6.45, 7) is 3.05. The first-order chi connectivity index (χ1) is 18.5. The summed E-state index contributed by atoms with van der Waals surface area (Å²) < 4.78 is 19.4. The number of H-pyrrole nitrogens is 1. The summed E-state index contributed by atoms with van der Waals surface area (Å²) in [5, 5.41) is 3.73. The van der Waals surface area contributed by atoms with Gasteiger partial charge in [-0.05, 0) is 54.3 Å². The van der Waals surface area contributed by atoms with Gasteiger partial charge in [-0.25, -0.2) is 9.18 Å². The molecule has 0 radical (unpaired) electrons. The van der Waals surface area contributed by atoms with Crippen molar-refractivity contribution in [2.24, 2.45) is 0 Å². The molecule has 3 aromatic carbocycles. The van der Waals surface area contributed by atoms with E-state index in [4.69, 9.17) is 4.74 Å². The van der Waals surface area contributed by atoms with Crippen LogP contribution in [0.5, 0.6) is 5.75 Å². The lowest BCUT2D eigenvalue weighted by atomic mass is 10.1. The molecule has 2 N–H and O–H groups in total. The van der Waals surface area contributed by atoms with Crippen LogP contribution in [0.25, 0.3) is 10.9 Å². The van der Waals surface area contributed by atoms with E-state index in [2.05, 4.69) is 16.4 Å². The van der Waals surface area contributed by atoms with Crippen LogP contribution in [0.2, 0.25) is 0 Å². The minimum atomic E-state index is -0.525. The molecule has 0 saturated carbocycles. The standard InChI is InChI=1S/C30H33FN4O3/c1-3-17-35(30(37)33-28-11-7-5-9-26(28)31)21-29(36)34(20-22-12-14-24(38-2)15-13-22)18-16-23-19-32-27-10-6-4-8-25(23)27/h4-15,19,32H,3,16-18,20-21H2,1-2H3,(H,33,37). The molecule has 0 unspecified atom stereocenters. The van der Waals surface area contributed by atoms with Crippen molar-refractivity contribution in [3.8, 4) is 5.75 Å². The zero-order chi connectivity index (χ0) is 26.9. The molecule has 38 heavy (non-hydrogen) atoms. The summed E-state index contributed by atoms with van der Waals surface area (Å²) in [7, 11) is 1.61. The van der Waals surface area contributed by atoms with Gasteiger partial charge in [0.15, 0.2) is 0 Å². The molecule has 0 aliphatic heterocycles. The molecule has 0 aliphatic carbocycles. The number of rotatable bonds is 11. The summed E-state index contributed by atoms with van der Waals surface area (Å²) in [6, 6.07) is 21.1. The van der Waals surface area contributed by atoms with E-state index in [1.165, 1.54) is 17.0 Å². The monoisotopic (exact) mass is 516 g/mol. The fourth-order valence-corrected chi connectivity index (χ4v) is 4.38. The smallest absolute Gasteiger partial charge is 0.322 e. The Bertz CT molecular complexity index is 1370. The summed E-state index contributed by atoms with van der Waals surface area (Å²) in [5.41, 5.74) is 3.21. The highest BCUT2D eigenvalue weighted by molar-refractivity contribution is 5.92. The van der Waals surface area contributed by atoms with Crippen molar-refractivity contribution < 1.29 is 18.7 Å². The number of aromatic amines is 1. The van der Waals surface area contributed by atoms with Crippen molar-refractivity contribution in [2.45, 2.75) is 26.3 Å². The molecule has 3 amide bonds. The average molecular weight is 517 g/mol. The number of carbonyl (C=O) groups is 2. The zero-order valence-electron chi connectivity index (χ0n) is 21.7.